The molecular formula is C18H30N2O3. The van der Waals surface area contributed by atoms with Crippen molar-refractivity contribution in [2.24, 2.45) is 5.92 Å². The van der Waals surface area contributed by atoms with E-state index >= 15 is 0 Å². The molecule has 0 fully saturated rings. The molecule has 1 unspecified atom stereocenters. The average Bonchev–Trinajstić information content (AvgIpc) is 2.53. The molecule has 1 aromatic carbocycles. The van der Waals surface area contributed by atoms with Gasteiger partial charge in [-0.3, -0.25) is 0 Å². The molecule has 5 nitrogen and oxygen atoms in total. The van der Waals surface area contributed by atoms with Crippen molar-refractivity contribution in [3.63, 3.8) is 0 Å². The topological polar surface area (TPSA) is 70.6 Å². The summed E-state index contributed by atoms with van der Waals surface area (Å²) in [6.07, 6.45) is 0.179. The van der Waals surface area contributed by atoms with Crippen LogP contribution in [0.15, 0.2) is 24.3 Å². The predicted octanol–water partition coefficient (Wildman–Crippen LogP) is 2.68. The van der Waals surface area contributed by atoms with Crippen LogP contribution >= 0.6 is 0 Å². The third-order valence-electron chi connectivity index (χ3n) is 4.06. The monoisotopic (exact) mass is 322 g/mol. The Balaban J connectivity index is 2.41. The number of amides is 2. The maximum atomic E-state index is 11.8. The smallest absolute Gasteiger partial charge is 0.314 e. The van der Waals surface area contributed by atoms with Gasteiger partial charge in [0.15, 0.2) is 0 Å². The van der Waals surface area contributed by atoms with Gasteiger partial charge >= 0.3 is 6.03 Å². The first-order chi connectivity index (χ1) is 10.8. The highest BCUT2D eigenvalue weighted by Gasteiger charge is 2.21. The summed E-state index contributed by atoms with van der Waals surface area (Å²) in [5.41, 5.74) is 0.954. The molecule has 0 saturated carbocycles. The van der Waals surface area contributed by atoms with Gasteiger partial charge in [-0.2, -0.15) is 0 Å². The minimum atomic E-state index is -0.383. The minimum Gasteiger partial charge on any atom is -0.497 e. The van der Waals surface area contributed by atoms with Crippen molar-refractivity contribution in [3.8, 4) is 5.75 Å². The summed E-state index contributed by atoms with van der Waals surface area (Å²) in [6, 6.07) is 7.66. The highest BCUT2D eigenvalue weighted by molar-refractivity contribution is 5.73. The van der Waals surface area contributed by atoms with E-state index in [4.69, 9.17) is 4.74 Å². The predicted molar refractivity (Wildman–Crippen MR) is 92.9 cm³/mol. The van der Waals surface area contributed by atoms with Crippen molar-refractivity contribution in [1.29, 1.82) is 0 Å². The van der Waals surface area contributed by atoms with Crippen molar-refractivity contribution in [2.75, 3.05) is 20.2 Å². The van der Waals surface area contributed by atoms with Crippen molar-refractivity contribution < 1.29 is 14.6 Å². The molecular weight excluding hydrogens is 292 g/mol. The number of hydrogen-bond acceptors (Lipinski definition) is 3. The standard InChI is InChI=1S/C18H30N2O3/c1-13(2)16(21)10-11-19-17(22)20-12-18(3,4)14-6-8-15(23-5)9-7-14/h6-9,13,16,21H,10-12H2,1-5H3,(H2,19,20,22). The minimum absolute atomic E-state index is 0.180. The van der Waals surface area contributed by atoms with E-state index in [1.165, 1.54) is 0 Å². The van der Waals surface area contributed by atoms with Gasteiger partial charge in [0.25, 0.3) is 0 Å². The summed E-state index contributed by atoms with van der Waals surface area (Å²) in [5.74, 6) is 1.02. The van der Waals surface area contributed by atoms with E-state index in [0.29, 0.717) is 19.5 Å². The zero-order valence-electron chi connectivity index (χ0n) is 14.8. The van der Waals surface area contributed by atoms with Crippen LogP contribution in [-0.2, 0) is 5.41 Å². The van der Waals surface area contributed by atoms with Gasteiger partial charge in [0.05, 0.1) is 13.2 Å². The number of benzene rings is 1. The SMILES string of the molecule is COc1ccc(C(C)(C)CNC(=O)NCCC(O)C(C)C)cc1. The number of rotatable bonds is 8. The Bertz CT molecular complexity index is 484. The third kappa shape index (κ3) is 6.48. The fourth-order valence-electron chi connectivity index (χ4n) is 2.17. The van der Waals surface area contributed by atoms with Crippen molar-refractivity contribution in [2.45, 2.75) is 45.6 Å². The zero-order chi connectivity index (χ0) is 17.5. The van der Waals surface area contributed by atoms with Crippen LogP contribution in [0.3, 0.4) is 0 Å². The highest BCUT2D eigenvalue weighted by Crippen LogP contribution is 2.24. The number of nitrogens with one attached hydrogen (secondary N) is 2. The van der Waals surface area contributed by atoms with Crippen LogP contribution in [0.5, 0.6) is 5.75 Å². The number of carbonyl (C=O) groups excluding carboxylic acids is 1. The second kappa shape index (κ2) is 8.77. The molecule has 1 rings (SSSR count). The number of urea groups is 1. The number of ether oxygens (including phenoxy) is 1. The number of carbonyl (C=O) groups is 1. The second-order valence-corrected chi connectivity index (χ2v) is 6.82. The average molecular weight is 322 g/mol. The van der Waals surface area contributed by atoms with Gasteiger partial charge in [0.2, 0.25) is 0 Å². The maximum Gasteiger partial charge on any atom is 0.314 e. The fourth-order valence-corrected chi connectivity index (χ4v) is 2.17. The molecule has 2 amide bonds. The molecule has 0 aliphatic carbocycles. The van der Waals surface area contributed by atoms with Crippen molar-refractivity contribution in [3.05, 3.63) is 29.8 Å². The summed E-state index contributed by atoms with van der Waals surface area (Å²) < 4.78 is 5.16. The first kappa shape index (κ1) is 19.3. The van der Waals surface area contributed by atoms with Gasteiger partial charge in [-0.25, -0.2) is 4.79 Å². The third-order valence-corrected chi connectivity index (χ3v) is 4.06. The van der Waals surface area contributed by atoms with E-state index in [1.807, 2.05) is 38.1 Å². The lowest BCUT2D eigenvalue weighted by Gasteiger charge is -2.26. The molecule has 5 heteroatoms. The number of aliphatic hydroxyl groups is 1. The van der Waals surface area contributed by atoms with E-state index in [2.05, 4.69) is 24.5 Å². The Kier molecular flexibility index (Phi) is 7.36. The van der Waals surface area contributed by atoms with E-state index in [0.717, 1.165) is 11.3 Å². The lowest BCUT2D eigenvalue weighted by Crippen LogP contribution is -2.43. The number of aliphatic hydroxyl groups excluding tert-OH is 1. The van der Waals surface area contributed by atoms with Crippen LogP contribution in [0.4, 0.5) is 4.79 Å². The summed E-state index contributed by atoms with van der Waals surface area (Å²) in [4.78, 5) is 11.8. The zero-order valence-corrected chi connectivity index (χ0v) is 14.8. The molecule has 0 radical (unpaired) electrons. The van der Waals surface area contributed by atoms with Crippen LogP contribution in [0, 0.1) is 5.92 Å². The Hall–Kier alpha value is -1.75. The molecule has 0 aliphatic heterocycles. The van der Waals surface area contributed by atoms with Crippen molar-refractivity contribution in [1.82, 2.24) is 10.6 Å². The first-order valence-electron chi connectivity index (χ1n) is 8.10. The van der Waals surface area contributed by atoms with Gasteiger partial charge in [0.1, 0.15) is 5.75 Å². The molecule has 3 N–H and O–H groups in total. The maximum absolute atomic E-state index is 11.8. The summed E-state index contributed by atoms with van der Waals surface area (Å²) in [7, 11) is 1.64. The molecule has 0 aliphatic rings. The second-order valence-electron chi connectivity index (χ2n) is 6.82. The van der Waals surface area contributed by atoms with Crippen LogP contribution in [0.25, 0.3) is 0 Å². The summed E-state index contributed by atoms with van der Waals surface area (Å²) in [6.45, 7) is 9.07. The largest absolute Gasteiger partial charge is 0.497 e. The highest BCUT2D eigenvalue weighted by atomic mass is 16.5. The normalized spacial score (nSPS) is 12.8. The lowest BCUT2D eigenvalue weighted by atomic mass is 9.84. The Morgan fingerprint density at radius 3 is 2.35 bits per heavy atom. The van der Waals surface area contributed by atoms with E-state index in [-0.39, 0.29) is 23.5 Å². The molecule has 0 saturated heterocycles. The van der Waals surface area contributed by atoms with Gasteiger partial charge in [-0.1, -0.05) is 39.8 Å². The Morgan fingerprint density at radius 1 is 1.22 bits per heavy atom. The van der Waals surface area contributed by atoms with Gasteiger partial charge in [-0.15, -0.1) is 0 Å². The van der Waals surface area contributed by atoms with Gasteiger partial charge in [-0.05, 0) is 30.0 Å². The van der Waals surface area contributed by atoms with Crippen LogP contribution < -0.4 is 15.4 Å². The van der Waals surface area contributed by atoms with Gasteiger partial charge < -0.3 is 20.5 Å². The quantitative estimate of drug-likeness (QED) is 0.689. The Labute approximate surface area is 139 Å². The summed E-state index contributed by atoms with van der Waals surface area (Å²) >= 11 is 0. The summed E-state index contributed by atoms with van der Waals surface area (Å²) in [5, 5.41) is 15.4. The molecule has 1 atom stereocenters. The Morgan fingerprint density at radius 2 is 1.83 bits per heavy atom. The molecule has 0 bridgehead atoms. The number of hydrogen-bond donors (Lipinski definition) is 3. The molecule has 0 aromatic heterocycles. The lowest BCUT2D eigenvalue weighted by molar-refractivity contribution is 0.116. The first-order valence-corrected chi connectivity index (χ1v) is 8.10. The van der Waals surface area contributed by atoms with Crippen LogP contribution in [0.2, 0.25) is 0 Å². The molecule has 130 valence electrons. The molecule has 23 heavy (non-hydrogen) atoms. The molecule has 0 heterocycles. The van der Waals surface area contributed by atoms with Gasteiger partial charge in [0, 0.05) is 18.5 Å². The van der Waals surface area contributed by atoms with Crippen LogP contribution in [0.1, 0.15) is 39.7 Å². The molecule has 0 spiro atoms. The van der Waals surface area contributed by atoms with Crippen LogP contribution in [-0.4, -0.2) is 37.4 Å². The van der Waals surface area contributed by atoms with Crippen molar-refractivity contribution >= 4 is 6.03 Å². The fraction of sp³-hybridized carbons (Fsp3) is 0.611. The van der Waals surface area contributed by atoms with E-state index < -0.39 is 0 Å². The molecule has 1 aromatic rings. The number of methoxy groups -OCH3 is 1. The van der Waals surface area contributed by atoms with E-state index in [1.54, 1.807) is 7.11 Å². The van der Waals surface area contributed by atoms with E-state index in [9.17, 15) is 9.90 Å².